The van der Waals surface area contributed by atoms with Crippen molar-refractivity contribution < 1.29 is 24.2 Å². The summed E-state index contributed by atoms with van der Waals surface area (Å²) in [7, 11) is 0. The van der Waals surface area contributed by atoms with Gasteiger partial charge in [0.05, 0.1) is 25.7 Å². The van der Waals surface area contributed by atoms with Crippen LogP contribution < -0.4 is 0 Å². The third-order valence-electron chi connectivity index (χ3n) is 9.06. The van der Waals surface area contributed by atoms with Gasteiger partial charge in [0, 0.05) is 12.5 Å². The fraction of sp³-hybridized carbons (Fsp3) is 0.814. The van der Waals surface area contributed by atoms with Gasteiger partial charge in [-0.2, -0.15) is 0 Å². The van der Waals surface area contributed by atoms with Crippen LogP contribution in [0.2, 0.25) is 0 Å². The molecule has 0 radical (unpaired) electrons. The molecular weight excluding hydrogens is 596 g/mol. The standard InChI is InChI=1S/C43H78O5/c1-4-7-10-13-16-18-19-20-21-22-23-24-26-29-32-35-42(45)47-38-41(37-44)39-48-43(46)36-40(33-30-27-15-12-9-6-3)34-31-28-25-17-14-11-8-5-2/h16,18,20-21,36,41,44H,4-15,17,19,22-35,37-39H2,1-3H3/b18-16-,21-20-,40-36-. The number of carbonyl (C=O) groups is 2. The van der Waals surface area contributed by atoms with Crippen LogP contribution in [0.25, 0.3) is 0 Å². The van der Waals surface area contributed by atoms with E-state index in [1.165, 1.54) is 121 Å². The Balaban J connectivity index is 4.23. The Kier molecular flexibility index (Phi) is 36.4. The van der Waals surface area contributed by atoms with Crippen molar-refractivity contribution in [1.29, 1.82) is 0 Å². The number of hydrogen-bond acceptors (Lipinski definition) is 5. The van der Waals surface area contributed by atoms with E-state index in [-0.39, 0.29) is 31.8 Å². The highest BCUT2D eigenvalue weighted by Gasteiger charge is 2.14. The summed E-state index contributed by atoms with van der Waals surface area (Å²) in [6.07, 6.45) is 43.3. The lowest BCUT2D eigenvalue weighted by molar-refractivity contribution is -0.147. The lowest BCUT2D eigenvalue weighted by Crippen LogP contribution is -2.23. The molecule has 0 amide bonds. The van der Waals surface area contributed by atoms with Crippen LogP contribution in [0.4, 0.5) is 0 Å². The van der Waals surface area contributed by atoms with Crippen LogP contribution >= 0.6 is 0 Å². The van der Waals surface area contributed by atoms with Gasteiger partial charge in [-0.05, 0) is 64.2 Å². The van der Waals surface area contributed by atoms with E-state index in [1.54, 1.807) is 6.08 Å². The predicted molar refractivity (Wildman–Crippen MR) is 205 cm³/mol. The van der Waals surface area contributed by atoms with Crippen molar-refractivity contribution in [2.45, 2.75) is 201 Å². The molecule has 0 aromatic carbocycles. The molecule has 0 aliphatic carbocycles. The van der Waals surface area contributed by atoms with Crippen molar-refractivity contribution >= 4 is 11.9 Å². The molecule has 1 N–H and O–H groups in total. The first-order chi connectivity index (χ1) is 23.6. The molecule has 1 atom stereocenters. The summed E-state index contributed by atoms with van der Waals surface area (Å²) in [6, 6.07) is 0. The maximum Gasteiger partial charge on any atom is 0.330 e. The average molecular weight is 675 g/mol. The maximum absolute atomic E-state index is 12.7. The van der Waals surface area contributed by atoms with Gasteiger partial charge >= 0.3 is 11.9 Å². The van der Waals surface area contributed by atoms with Crippen molar-refractivity contribution in [3.63, 3.8) is 0 Å². The molecule has 0 spiro atoms. The van der Waals surface area contributed by atoms with E-state index in [0.717, 1.165) is 57.8 Å². The van der Waals surface area contributed by atoms with E-state index in [0.29, 0.717) is 6.42 Å². The van der Waals surface area contributed by atoms with Crippen molar-refractivity contribution in [2.75, 3.05) is 19.8 Å². The summed E-state index contributed by atoms with van der Waals surface area (Å²) in [6.45, 7) is 6.68. The molecule has 0 aromatic heterocycles. The molecule has 0 aliphatic rings. The number of unbranched alkanes of at least 4 members (excludes halogenated alkanes) is 20. The molecule has 0 saturated heterocycles. The predicted octanol–water partition coefficient (Wildman–Crippen LogP) is 12.7. The van der Waals surface area contributed by atoms with Crippen LogP contribution in [0, 0.1) is 5.92 Å². The first-order valence-electron chi connectivity index (χ1n) is 20.5. The minimum Gasteiger partial charge on any atom is -0.465 e. The highest BCUT2D eigenvalue weighted by atomic mass is 16.5. The number of carbonyl (C=O) groups excluding carboxylic acids is 2. The van der Waals surface area contributed by atoms with Gasteiger partial charge < -0.3 is 14.6 Å². The summed E-state index contributed by atoms with van der Waals surface area (Å²) in [4.78, 5) is 24.9. The summed E-state index contributed by atoms with van der Waals surface area (Å²) >= 11 is 0. The lowest BCUT2D eigenvalue weighted by atomic mass is 9.99. The van der Waals surface area contributed by atoms with Gasteiger partial charge in [-0.25, -0.2) is 4.79 Å². The normalized spacial score (nSPS) is 12.7. The van der Waals surface area contributed by atoms with Crippen LogP contribution in [0.15, 0.2) is 36.0 Å². The van der Waals surface area contributed by atoms with Crippen molar-refractivity contribution in [1.82, 2.24) is 0 Å². The quantitative estimate of drug-likeness (QED) is 0.0310. The lowest BCUT2D eigenvalue weighted by Gasteiger charge is -2.15. The summed E-state index contributed by atoms with van der Waals surface area (Å²) in [5.74, 6) is -0.979. The molecule has 0 heterocycles. The van der Waals surface area contributed by atoms with Crippen molar-refractivity contribution in [3.05, 3.63) is 36.0 Å². The van der Waals surface area contributed by atoms with E-state index >= 15 is 0 Å². The fourth-order valence-electron chi connectivity index (χ4n) is 5.81. The summed E-state index contributed by atoms with van der Waals surface area (Å²) < 4.78 is 10.9. The van der Waals surface area contributed by atoms with Gasteiger partial charge in [0.15, 0.2) is 0 Å². The number of hydrogen-bond donors (Lipinski definition) is 1. The molecule has 280 valence electrons. The number of ether oxygens (including phenoxy) is 2. The van der Waals surface area contributed by atoms with Crippen LogP contribution in [0.1, 0.15) is 201 Å². The SMILES string of the molecule is CCCCC/C=C\C/C=C\CCCCCCCC(=O)OCC(CO)COC(=O)/C=C(/CCCCCCCC)CCCCCCCCCC. The number of rotatable bonds is 36. The Labute approximate surface area is 297 Å². The molecule has 0 fully saturated rings. The zero-order valence-corrected chi connectivity index (χ0v) is 32.0. The minimum atomic E-state index is -0.398. The monoisotopic (exact) mass is 675 g/mol. The van der Waals surface area contributed by atoms with Gasteiger partial charge in [-0.1, -0.05) is 160 Å². The Hall–Kier alpha value is -1.88. The molecule has 0 bridgehead atoms. The molecule has 5 nitrogen and oxygen atoms in total. The molecule has 1 unspecified atom stereocenters. The van der Waals surface area contributed by atoms with Crippen molar-refractivity contribution in [2.24, 2.45) is 5.92 Å². The zero-order chi connectivity index (χ0) is 35.2. The van der Waals surface area contributed by atoms with Gasteiger partial charge in [-0.3, -0.25) is 4.79 Å². The Morgan fingerprint density at radius 1 is 0.521 bits per heavy atom. The van der Waals surface area contributed by atoms with Crippen LogP contribution in [0.5, 0.6) is 0 Å². The first kappa shape index (κ1) is 46.1. The number of aliphatic hydroxyl groups is 1. The zero-order valence-electron chi connectivity index (χ0n) is 32.0. The minimum absolute atomic E-state index is 0.0604. The topological polar surface area (TPSA) is 72.8 Å². The van der Waals surface area contributed by atoms with Crippen LogP contribution in [-0.2, 0) is 19.1 Å². The average Bonchev–Trinajstić information content (AvgIpc) is 3.09. The first-order valence-corrected chi connectivity index (χ1v) is 20.5. The highest BCUT2D eigenvalue weighted by molar-refractivity contribution is 5.82. The third kappa shape index (κ3) is 34.0. The van der Waals surface area contributed by atoms with Crippen LogP contribution in [-0.4, -0.2) is 36.9 Å². The van der Waals surface area contributed by atoms with E-state index in [4.69, 9.17) is 9.47 Å². The highest BCUT2D eigenvalue weighted by Crippen LogP contribution is 2.19. The maximum atomic E-state index is 12.7. The van der Waals surface area contributed by atoms with Gasteiger partial charge in [-0.15, -0.1) is 0 Å². The second kappa shape index (κ2) is 37.9. The van der Waals surface area contributed by atoms with E-state index < -0.39 is 5.92 Å². The molecule has 0 aliphatic heterocycles. The largest absolute Gasteiger partial charge is 0.465 e. The van der Waals surface area contributed by atoms with Crippen molar-refractivity contribution in [3.8, 4) is 0 Å². The third-order valence-corrected chi connectivity index (χ3v) is 9.06. The Morgan fingerprint density at radius 3 is 1.46 bits per heavy atom. The number of esters is 2. The fourth-order valence-corrected chi connectivity index (χ4v) is 5.81. The summed E-state index contributed by atoms with van der Waals surface area (Å²) in [5.41, 5.74) is 1.19. The molecule has 5 heteroatoms. The molecule has 0 aromatic rings. The molecule has 48 heavy (non-hydrogen) atoms. The second-order valence-electron chi connectivity index (χ2n) is 13.9. The summed E-state index contributed by atoms with van der Waals surface area (Å²) in [5, 5.41) is 9.78. The number of allylic oxidation sites excluding steroid dienone is 5. The van der Waals surface area contributed by atoms with Gasteiger partial charge in [0.2, 0.25) is 0 Å². The number of aliphatic hydroxyl groups excluding tert-OH is 1. The van der Waals surface area contributed by atoms with Gasteiger partial charge in [0.1, 0.15) is 0 Å². The molecular formula is C43H78O5. The van der Waals surface area contributed by atoms with Crippen LogP contribution in [0.3, 0.4) is 0 Å². The van der Waals surface area contributed by atoms with E-state index in [9.17, 15) is 14.7 Å². The Bertz CT molecular complexity index is 799. The Morgan fingerprint density at radius 2 is 0.938 bits per heavy atom. The second-order valence-corrected chi connectivity index (χ2v) is 13.9. The van der Waals surface area contributed by atoms with E-state index in [1.807, 2.05) is 0 Å². The smallest absolute Gasteiger partial charge is 0.330 e. The van der Waals surface area contributed by atoms with E-state index in [2.05, 4.69) is 45.1 Å². The molecule has 0 saturated carbocycles. The molecule has 0 rings (SSSR count). The van der Waals surface area contributed by atoms with Gasteiger partial charge in [0.25, 0.3) is 0 Å².